The summed E-state index contributed by atoms with van der Waals surface area (Å²) in [6, 6.07) is 6.37. The van der Waals surface area contributed by atoms with Gasteiger partial charge < -0.3 is 9.72 Å². The highest BCUT2D eigenvalue weighted by atomic mass is 32.2. The van der Waals surface area contributed by atoms with Crippen LogP contribution in [0.5, 0.6) is 5.75 Å². The highest BCUT2D eigenvalue weighted by molar-refractivity contribution is 7.89. The molecule has 0 atom stereocenters. The highest BCUT2D eigenvalue weighted by Crippen LogP contribution is 2.15. The number of imidazole rings is 1. The Bertz CT molecular complexity index is 678. The first-order valence-electron chi connectivity index (χ1n) is 6.74. The first kappa shape index (κ1) is 15.5. The van der Waals surface area contributed by atoms with Gasteiger partial charge in [-0.15, -0.1) is 0 Å². The molecule has 0 saturated carbocycles. The van der Waals surface area contributed by atoms with Crippen LogP contribution in [-0.2, 0) is 16.4 Å². The summed E-state index contributed by atoms with van der Waals surface area (Å²) in [4.78, 5) is 7.36. The van der Waals surface area contributed by atoms with E-state index in [2.05, 4.69) is 14.7 Å². The number of aryl methyl sites for hydroxylation is 1. The molecule has 0 bridgehead atoms. The quantitative estimate of drug-likeness (QED) is 0.814. The third-order valence-electron chi connectivity index (χ3n) is 2.89. The second-order valence-electron chi connectivity index (χ2n) is 4.55. The van der Waals surface area contributed by atoms with Gasteiger partial charge in [0.25, 0.3) is 0 Å². The molecule has 2 aromatic rings. The third-order valence-corrected chi connectivity index (χ3v) is 4.36. The number of nitrogens with one attached hydrogen (secondary N) is 2. The van der Waals surface area contributed by atoms with Gasteiger partial charge in [0.05, 0.1) is 11.5 Å². The fraction of sp³-hybridized carbons (Fsp3) is 0.357. The molecule has 114 valence electrons. The molecule has 1 aromatic heterocycles. The number of aromatic nitrogens is 2. The van der Waals surface area contributed by atoms with Crippen LogP contribution in [0.3, 0.4) is 0 Å². The number of hydrogen-bond donors (Lipinski definition) is 2. The SMILES string of the molecule is CCOc1ccc(S(=O)(=O)NCCc2cnc(C)[nH]2)cc1. The Morgan fingerprint density at radius 2 is 2.00 bits per heavy atom. The summed E-state index contributed by atoms with van der Waals surface area (Å²) in [7, 11) is -3.50. The molecule has 0 spiro atoms. The summed E-state index contributed by atoms with van der Waals surface area (Å²) >= 11 is 0. The standard InChI is InChI=1S/C14H19N3O3S/c1-3-20-13-4-6-14(7-5-13)21(18,19)16-9-8-12-10-15-11(2)17-12/h4-7,10,16H,3,8-9H2,1-2H3,(H,15,17). The van der Waals surface area contributed by atoms with Crippen molar-refractivity contribution in [1.82, 2.24) is 14.7 Å². The Hall–Kier alpha value is -1.86. The van der Waals surface area contributed by atoms with Crippen LogP contribution >= 0.6 is 0 Å². The minimum Gasteiger partial charge on any atom is -0.494 e. The zero-order chi connectivity index (χ0) is 15.3. The van der Waals surface area contributed by atoms with E-state index in [0.29, 0.717) is 25.3 Å². The van der Waals surface area contributed by atoms with Crippen LogP contribution in [0.1, 0.15) is 18.4 Å². The minimum absolute atomic E-state index is 0.228. The van der Waals surface area contributed by atoms with Crippen LogP contribution in [0.4, 0.5) is 0 Å². The number of sulfonamides is 1. The summed E-state index contributed by atoms with van der Waals surface area (Å²) in [5.41, 5.74) is 0.905. The Morgan fingerprint density at radius 3 is 2.57 bits per heavy atom. The van der Waals surface area contributed by atoms with Crippen LogP contribution in [0.15, 0.2) is 35.4 Å². The van der Waals surface area contributed by atoms with E-state index in [1.54, 1.807) is 18.3 Å². The highest BCUT2D eigenvalue weighted by Gasteiger charge is 2.13. The molecule has 0 aliphatic heterocycles. The molecule has 0 fully saturated rings. The fourth-order valence-electron chi connectivity index (χ4n) is 1.88. The average molecular weight is 309 g/mol. The summed E-state index contributed by atoms with van der Waals surface area (Å²) < 4.78 is 32.1. The van der Waals surface area contributed by atoms with Gasteiger partial charge in [-0.25, -0.2) is 18.1 Å². The lowest BCUT2D eigenvalue weighted by Crippen LogP contribution is -2.26. The molecule has 0 aliphatic rings. The third kappa shape index (κ3) is 4.30. The van der Waals surface area contributed by atoms with Gasteiger partial charge in [-0.2, -0.15) is 0 Å². The van der Waals surface area contributed by atoms with Gasteiger partial charge >= 0.3 is 0 Å². The van der Waals surface area contributed by atoms with Gasteiger partial charge in [0.1, 0.15) is 11.6 Å². The first-order chi connectivity index (χ1) is 10.0. The second-order valence-corrected chi connectivity index (χ2v) is 6.31. The van der Waals surface area contributed by atoms with E-state index < -0.39 is 10.0 Å². The van der Waals surface area contributed by atoms with Crippen LogP contribution < -0.4 is 9.46 Å². The summed E-state index contributed by atoms with van der Waals surface area (Å²) in [6.07, 6.45) is 2.28. The maximum Gasteiger partial charge on any atom is 0.240 e. The predicted octanol–water partition coefficient (Wildman–Crippen LogP) is 1.64. The normalized spacial score (nSPS) is 11.5. The largest absolute Gasteiger partial charge is 0.494 e. The van der Waals surface area contributed by atoms with Gasteiger partial charge in [0.2, 0.25) is 10.0 Å². The molecule has 1 heterocycles. The molecule has 7 heteroatoms. The Labute approximate surface area is 124 Å². The Balaban J connectivity index is 1.94. The molecule has 0 unspecified atom stereocenters. The number of ether oxygens (including phenoxy) is 1. The smallest absolute Gasteiger partial charge is 0.240 e. The van der Waals surface area contributed by atoms with Crippen molar-refractivity contribution in [3.05, 3.63) is 42.0 Å². The molecule has 1 aromatic carbocycles. The zero-order valence-corrected chi connectivity index (χ0v) is 12.9. The Morgan fingerprint density at radius 1 is 1.29 bits per heavy atom. The van der Waals surface area contributed by atoms with Gasteiger partial charge in [0.15, 0.2) is 0 Å². The summed E-state index contributed by atoms with van der Waals surface area (Å²) in [5, 5.41) is 0. The molecule has 0 aliphatic carbocycles. The van der Waals surface area contributed by atoms with Gasteiger partial charge in [-0.1, -0.05) is 0 Å². The van der Waals surface area contributed by atoms with Gasteiger partial charge in [0, 0.05) is 24.9 Å². The average Bonchev–Trinajstić information content (AvgIpc) is 2.85. The number of nitrogens with zero attached hydrogens (tertiary/aromatic N) is 1. The van der Waals surface area contributed by atoms with E-state index in [-0.39, 0.29) is 4.90 Å². The van der Waals surface area contributed by atoms with Crippen LogP contribution in [0.25, 0.3) is 0 Å². The molecule has 2 N–H and O–H groups in total. The number of benzene rings is 1. The second kappa shape index (κ2) is 6.73. The lowest BCUT2D eigenvalue weighted by molar-refractivity contribution is 0.340. The fourth-order valence-corrected chi connectivity index (χ4v) is 2.92. The van der Waals surface area contributed by atoms with Crippen molar-refractivity contribution in [2.45, 2.75) is 25.2 Å². The Kier molecular flexibility index (Phi) is 4.98. The zero-order valence-electron chi connectivity index (χ0n) is 12.1. The van der Waals surface area contributed by atoms with E-state index in [0.717, 1.165) is 11.5 Å². The lowest BCUT2D eigenvalue weighted by Gasteiger charge is -2.07. The molecule has 0 saturated heterocycles. The van der Waals surface area contributed by atoms with Crippen molar-refractivity contribution in [2.75, 3.05) is 13.2 Å². The van der Waals surface area contributed by atoms with Crippen LogP contribution in [0, 0.1) is 6.92 Å². The van der Waals surface area contributed by atoms with Crippen molar-refractivity contribution < 1.29 is 13.2 Å². The first-order valence-corrected chi connectivity index (χ1v) is 8.22. The van der Waals surface area contributed by atoms with Gasteiger partial charge in [-0.05, 0) is 38.1 Å². The van der Waals surface area contributed by atoms with Crippen LogP contribution in [-0.4, -0.2) is 31.5 Å². The van der Waals surface area contributed by atoms with Crippen molar-refractivity contribution >= 4 is 10.0 Å². The maximum absolute atomic E-state index is 12.1. The number of H-pyrrole nitrogens is 1. The predicted molar refractivity (Wildman–Crippen MR) is 79.8 cm³/mol. The minimum atomic E-state index is -3.50. The van der Waals surface area contributed by atoms with E-state index >= 15 is 0 Å². The molecular formula is C14H19N3O3S. The molecule has 0 radical (unpaired) electrons. The van der Waals surface area contributed by atoms with Crippen LogP contribution in [0.2, 0.25) is 0 Å². The van der Waals surface area contributed by atoms with Crippen molar-refractivity contribution in [1.29, 1.82) is 0 Å². The molecular weight excluding hydrogens is 290 g/mol. The number of aromatic amines is 1. The van der Waals surface area contributed by atoms with Crippen molar-refractivity contribution in [3.8, 4) is 5.75 Å². The van der Waals surface area contributed by atoms with E-state index in [1.165, 1.54) is 12.1 Å². The maximum atomic E-state index is 12.1. The lowest BCUT2D eigenvalue weighted by atomic mass is 10.3. The van der Waals surface area contributed by atoms with Gasteiger partial charge in [-0.3, -0.25) is 0 Å². The molecule has 21 heavy (non-hydrogen) atoms. The van der Waals surface area contributed by atoms with Crippen molar-refractivity contribution in [3.63, 3.8) is 0 Å². The molecule has 2 rings (SSSR count). The van der Waals surface area contributed by atoms with E-state index in [4.69, 9.17) is 4.74 Å². The van der Waals surface area contributed by atoms with Crippen molar-refractivity contribution in [2.24, 2.45) is 0 Å². The van der Waals surface area contributed by atoms with E-state index in [9.17, 15) is 8.42 Å². The number of hydrogen-bond acceptors (Lipinski definition) is 4. The molecule has 6 nitrogen and oxygen atoms in total. The topological polar surface area (TPSA) is 84.1 Å². The summed E-state index contributed by atoms with van der Waals surface area (Å²) in [6.45, 7) is 4.60. The monoisotopic (exact) mass is 309 g/mol. The molecule has 0 amide bonds. The summed E-state index contributed by atoms with van der Waals surface area (Å²) in [5.74, 6) is 1.48. The van der Waals surface area contributed by atoms with E-state index in [1.807, 2.05) is 13.8 Å². The number of rotatable bonds is 7.